The van der Waals surface area contributed by atoms with Gasteiger partial charge in [-0.05, 0) is 67.8 Å². The number of benzene rings is 2. The molecule has 0 radical (unpaired) electrons. The quantitative estimate of drug-likeness (QED) is 0.339. The first kappa shape index (κ1) is 23.4. The Kier molecular flexibility index (Phi) is 7.48. The molecule has 1 aliphatic rings. The number of ether oxygens (including phenoxy) is 2. The van der Waals surface area contributed by atoms with Gasteiger partial charge in [-0.25, -0.2) is 4.98 Å². The fourth-order valence-electron chi connectivity index (χ4n) is 3.95. The Balaban J connectivity index is 1.35. The lowest BCUT2D eigenvalue weighted by Gasteiger charge is -2.28. The molecular weight excluding hydrogens is 428 g/mol. The lowest BCUT2D eigenvalue weighted by atomic mass is 9.99. The summed E-state index contributed by atoms with van der Waals surface area (Å²) < 4.78 is 17.1. The lowest BCUT2D eigenvalue weighted by Crippen LogP contribution is -2.34. The average Bonchev–Trinajstić information content (AvgIpc) is 3.24. The number of allylic oxidation sites excluding steroid dienone is 3. The van der Waals surface area contributed by atoms with Crippen LogP contribution in [-0.4, -0.2) is 36.1 Å². The number of hydrogen-bond donors (Lipinski definition) is 0. The zero-order valence-electron chi connectivity index (χ0n) is 19.9. The highest BCUT2D eigenvalue weighted by atomic mass is 16.5. The van der Waals surface area contributed by atoms with Crippen molar-refractivity contribution >= 4 is 5.91 Å². The number of nitrogens with zero attached hydrogens (tertiary/aromatic N) is 2. The fraction of sp³-hybridized carbons (Fsp3) is 0.286. The van der Waals surface area contributed by atoms with Gasteiger partial charge in [-0.2, -0.15) is 0 Å². The van der Waals surface area contributed by atoms with Crippen LogP contribution in [-0.2, 0) is 24.2 Å². The topological polar surface area (TPSA) is 64.8 Å². The maximum atomic E-state index is 12.4. The number of amides is 1. The summed E-state index contributed by atoms with van der Waals surface area (Å²) in [6, 6.07) is 13.8. The molecule has 34 heavy (non-hydrogen) atoms. The van der Waals surface area contributed by atoms with E-state index < -0.39 is 0 Å². The Morgan fingerprint density at radius 3 is 2.68 bits per heavy atom. The molecule has 0 spiro atoms. The average molecular weight is 459 g/mol. The Morgan fingerprint density at radius 1 is 1.12 bits per heavy atom. The van der Waals surface area contributed by atoms with Gasteiger partial charge in [0.1, 0.15) is 17.3 Å². The molecule has 0 N–H and O–H groups in total. The molecule has 2 aromatic carbocycles. The number of methoxy groups -OCH3 is 1. The number of aromatic nitrogens is 1. The number of aryl methyl sites for hydroxylation is 1. The van der Waals surface area contributed by atoms with Gasteiger partial charge in [-0.3, -0.25) is 4.79 Å². The van der Waals surface area contributed by atoms with Gasteiger partial charge in [0, 0.05) is 31.1 Å². The maximum absolute atomic E-state index is 12.4. The van der Waals surface area contributed by atoms with Crippen LogP contribution in [0.3, 0.4) is 0 Å². The van der Waals surface area contributed by atoms with Crippen molar-refractivity contribution in [1.82, 2.24) is 9.88 Å². The molecule has 2 heterocycles. The molecule has 0 saturated heterocycles. The smallest absolute Gasteiger partial charge is 0.246 e. The first-order valence-electron chi connectivity index (χ1n) is 11.5. The third kappa shape index (κ3) is 5.57. The minimum absolute atomic E-state index is 0.0317. The van der Waals surface area contributed by atoms with Crippen LogP contribution in [0.4, 0.5) is 0 Å². The van der Waals surface area contributed by atoms with E-state index in [1.54, 1.807) is 19.3 Å². The summed E-state index contributed by atoms with van der Waals surface area (Å²) in [5, 5.41) is 0. The van der Waals surface area contributed by atoms with Gasteiger partial charge >= 0.3 is 0 Å². The summed E-state index contributed by atoms with van der Waals surface area (Å²) in [5.74, 6) is 3.01. The van der Waals surface area contributed by atoms with Gasteiger partial charge in [-0.15, -0.1) is 0 Å². The molecule has 0 bridgehead atoms. The zero-order valence-corrected chi connectivity index (χ0v) is 19.9. The Morgan fingerprint density at radius 2 is 1.91 bits per heavy atom. The summed E-state index contributed by atoms with van der Waals surface area (Å²) in [5.41, 5.74) is 4.19. The van der Waals surface area contributed by atoms with Gasteiger partial charge in [-0.1, -0.05) is 24.3 Å². The molecule has 0 atom stereocenters. The predicted octanol–water partition coefficient (Wildman–Crippen LogP) is 5.30. The standard InChI is InChI=1S/C28H30N2O4/c1-4-5-6-7-27(31)30-16-14-21-8-13-25(18-23(21)19-30)33-17-15-26-20(2)34-28(29-26)22-9-11-24(32-3)12-10-22/h4-13,18H,14-17,19H2,1-3H3. The van der Waals surface area contributed by atoms with E-state index in [9.17, 15) is 4.79 Å². The number of fused-ring (bicyclic) bond motifs is 1. The first-order valence-corrected chi connectivity index (χ1v) is 11.5. The van der Waals surface area contributed by atoms with Crippen molar-refractivity contribution in [2.75, 3.05) is 20.3 Å². The molecule has 0 unspecified atom stereocenters. The lowest BCUT2D eigenvalue weighted by molar-refractivity contribution is -0.126. The number of carbonyl (C=O) groups excluding carboxylic acids is 1. The molecule has 6 nitrogen and oxygen atoms in total. The molecule has 1 aromatic heterocycles. The van der Waals surface area contributed by atoms with Crippen molar-refractivity contribution in [3.05, 3.63) is 89.3 Å². The van der Waals surface area contributed by atoms with Gasteiger partial charge < -0.3 is 18.8 Å². The summed E-state index contributed by atoms with van der Waals surface area (Å²) in [4.78, 5) is 18.9. The Hall–Kier alpha value is -3.80. The highest BCUT2D eigenvalue weighted by Crippen LogP contribution is 2.26. The fourth-order valence-corrected chi connectivity index (χ4v) is 3.95. The normalized spacial score (nSPS) is 13.4. The largest absolute Gasteiger partial charge is 0.497 e. The molecule has 0 fully saturated rings. The molecule has 0 saturated carbocycles. The summed E-state index contributed by atoms with van der Waals surface area (Å²) >= 11 is 0. The number of rotatable bonds is 8. The third-order valence-corrected chi connectivity index (χ3v) is 5.88. The minimum atomic E-state index is 0.0317. The van der Waals surface area contributed by atoms with Gasteiger partial charge in [0.25, 0.3) is 0 Å². The molecule has 176 valence electrons. The second-order valence-corrected chi connectivity index (χ2v) is 8.17. The Bertz CT molecular complexity index is 1190. The maximum Gasteiger partial charge on any atom is 0.246 e. The van der Waals surface area contributed by atoms with E-state index in [1.165, 1.54) is 5.56 Å². The summed E-state index contributed by atoms with van der Waals surface area (Å²) in [7, 11) is 1.64. The predicted molar refractivity (Wildman–Crippen MR) is 132 cm³/mol. The van der Waals surface area contributed by atoms with Crippen molar-refractivity contribution in [2.45, 2.75) is 33.2 Å². The second-order valence-electron chi connectivity index (χ2n) is 8.17. The van der Waals surface area contributed by atoms with E-state index in [0.29, 0.717) is 25.5 Å². The van der Waals surface area contributed by atoms with E-state index in [1.807, 2.05) is 67.3 Å². The van der Waals surface area contributed by atoms with E-state index in [2.05, 4.69) is 11.1 Å². The van der Waals surface area contributed by atoms with E-state index in [-0.39, 0.29) is 5.91 Å². The monoisotopic (exact) mass is 458 g/mol. The highest BCUT2D eigenvalue weighted by Gasteiger charge is 2.19. The van der Waals surface area contributed by atoms with Crippen LogP contribution in [0.15, 0.2) is 71.2 Å². The van der Waals surface area contributed by atoms with Crippen molar-refractivity contribution < 1.29 is 18.7 Å². The summed E-state index contributed by atoms with van der Waals surface area (Å²) in [6.07, 6.45) is 8.65. The van der Waals surface area contributed by atoms with Gasteiger partial charge in [0.05, 0.1) is 19.4 Å². The van der Waals surface area contributed by atoms with Crippen LogP contribution in [0.25, 0.3) is 11.5 Å². The SMILES string of the molecule is CC=CC=CC(=O)N1CCc2ccc(OCCc3nc(-c4ccc(OC)cc4)oc3C)cc2C1. The van der Waals surface area contributed by atoms with Crippen LogP contribution < -0.4 is 9.47 Å². The van der Waals surface area contributed by atoms with Crippen LogP contribution in [0.1, 0.15) is 29.5 Å². The molecule has 0 aliphatic carbocycles. The molecule has 1 amide bonds. The van der Waals surface area contributed by atoms with Gasteiger partial charge in [0.15, 0.2) is 0 Å². The van der Waals surface area contributed by atoms with E-state index >= 15 is 0 Å². The highest BCUT2D eigenvalue weighted by molar-refractivity contribution is 5.88. The van der Waals surface area contributed by atoms with Crippen LogP contribution in [0, 0.1) is 6.92 Å². The van der Waals surface area contributed by atoms with Gasteiger partial charge in [0.2, 0.25) is 11.8 Å². The number of carbonyl (C=O) groups is 1. The minimum Gasteiger partial charge on any atom is -0.497 e. The van der Waals surface area contributed by atoms with E-state index in [0.717, 1.165) is 47.0 Å². The number of oxazole rings is 1. The molecule has 6 heteroatoms. The van der Waals surface area contributed by atoms with Crippen LogP contribution >= 0.6 is 0 Å². The van der Waals surface area contributed by atoms with Crippen molar-refractivity contribution in [2.24, 2.45) is 0 Å². The van der Waals surface area contributed by atoms with E-state index in [4.69, 9.17) is 13.9 Å². The van der Waals surface area contributed by atoms with Crippen LogP contribution in [0.2, 0.25) is 0 Å². The molecule has 1 aliphatic heterocycles. The van der Waals surface area contributed by atoms with Crippen molar-refractivity contribution in [1.29, 1.82) is 0 Å². The molecule has 4 rings (SSSR count). The Labute approximate surface area is 200 Å². The van der Waals surface area contributed by atoms with Crippen molar-refractivity contribution in [3.63, 3.8) is 0 Å². The number of hydrogen-bond acceptors (Lipinski definition) is 5. The molecular formula is C28H30N2O4. The second kappa shape index (κ2) is 10.9. The molecule has 3 aromatic rings. The first-order chi connectivity index (χ1) is 16.6. The third-order valence-electron chi connectivity index (χ3n) is 5.88. The zero-order chi connectivity index (χ0) is 23.9. The summed E-state index contributed by atoms with van der Waals surface area (Å²) in [6.45, 7) is 5.66. The van der Waals surface area contributed by atoms with Crippen molar-refractivity contribution in [3.8, 4) is 23.0 Å². The van der Waals surface area contributed by atoms with Crippen LogP contribution in [0.5, 0.6) is 11.5 Å².